The number of urea groups is 1. The highest BCUT2D eigenvalue weighted by atomic mass is 79.9. The van der Waals surface area contributed by atoms with E-state index in [0.717, 1.165) is 4.47 Å². The van der Waals surface area contributed by atoms with Crippen LogP contribution in [0.25, 0.3) is 11.4 Å². The summed E-state index contributed by atoms with van der Waals surface area (Å²) in [5.74, 6) is -0.0211. The summed E-state index contributed by atoms with van der Waals surface area (Å²) >= 11 is 3.36. The number of nitrogens with zero attached hydrogens (tertiary/aromatic N) is 3. The number of aromatic nitrogens is 4. The summed E-state index contributed by atoms with van der Waals surface area (Å²) < 4.78 is 13.9. The topological polar surface area (TPSA) is 95.6 Å². The van der Waals surface area contributed by atoms with Gasteiger partial charge in [0.2, 0.25) is 0 Å². The average molecular weight is 377 g/mol. The minimum atomic E-state index is -0.508. The lowest BCUT2D eigenvalue weighted by atomic mass is 10.1. The first-order chi connectivity index (χ1) is 11.1. The van der Waals surface area contributed by atoms with E-state index >= 15 is 0 Å². The smallest absolute Gasteiger partial charge is 0.308 e. The van der Waals surface area contributed by atoms with Gasteiger partial charge in [-0.3, -0.25) is 0 Å². The predicted octanol–water partition coefficient (Wildman–Crippen LogP) is 3.41. The third-order valence-electron chi connectivity index (χ3n) is 2.91. The van der Waals surface area contributed by atoms with E-state index < -0.39 is 11.8 Å². The fourth-order valence-electron chi connectivity index (χ4n) is 1.95. The molecule has 0 bridgehead atoms. The number of amides is 2. The van der Waals surface area contributed by atoms with Gasteiger partial charge in [0.15, 0.2) is 5.82 Å². The van der Waals surface area contributed by atoms with Crippen LogP contribution in [0.15, 0.2) is 46.9 Å². The Morgan fingerprint density at radius 1 is 1.17 bits per heavy atom. The number of H-pyrrole nitrogens is 1. The van der Waals surface area contributed by atoms with Gasteiger partial charge in [-0.1, -0.05) is 22.0 Å². The number of aromatic amines is 1. The van der Waals surface area contributed by atoms with Crippen molar-refractivity contribution in [2.45, 2.75) is 0 Å². The van der Waals surface area contributed by atoms with E-state index in [1.807, 2.05) is 0 Å². The third-order valence-corrected chi connectivity index (χ3v) is 3.41. The van der Waals surface area contributed by atoms with Crippen molar-refractivity contribution < 1.29 is 9.18 Å². The van der Waals surface area contributed by atoms with Crippen molar-refractivity contribution in [3.8, 4) is 11.4 Å². The first-order valence-corrected chi connectivity index (χ1v) is 7.28. The van der Waals surface area contributed by atoms with Crippen molar-refractivity contribution in [3.63, 3.8) is 0 Å². The minimum Gasteiger partial charge on any atom is -0.308 e. The molecule has 0 fully saturated rings. The van der Waals surface area contributed by atoms with Crippen molar-refractivity contribution in [2.75, 3.05) is 10.6 Å². The highest BCUT2D eigenvalue weighted by Crippen LogP contribution is 2.28. The Labute approximate surface area is 138 Å². The molecule has 2 amide bonds. The molecule has 2 aromatic carbocycles. The second kappa shape index (κ2) is 6.53. The summed E-state index contributed by atoms with van der Waals surface area (Å²) in [6.45, 7) is 0. The molecular formula is C14H10BrFN6O. The molecule has 0 spiro atoms. The molecule has 3 N–H and O–H groups in total. The lowest BCUT2D eigenvalue weighted by Crippen LogP contribution is -2.20. The van der Waals surface area contributed by atoms with E-state index in [2.05, 4.69) is 47.2 Å². The van der Waals surface area contributed by atoms with Crippen molar-refractivity contribution in [1.82, 2.24) is 20.6 Å². The van der Waals surface area contributed by atoms with Gasteiger partial charge in [0.25, 0.3) is 0 Å². The summed E-state index contributed by atoms with van der Waals surface area (Å²) in [6.07, 6.45) is 0. The van der Waals surface area contributed by atoms with Crippen LogP contribution in [0, 0.1) is 5.82 Å². The molecule has 0 saturated carbocycles. The Bertz CT molecular complexity index is 839. The van der Waals surface area contributed by atoms with Gasteiger partial charge in [-0.15, -0.1) is 5.10 Å². The maximum Gasteiger partial charge on any atom is 0.323 e. The van der Waals surface area contributed by atoms with E-state index in [1.165, 1.54) is 18.2 Å². The molecule has 3 rings (SSSR count). The SMILES string of the molecule is O=C(Nc1cccc(F)c1)Nc1ccc(Br)cc1-c1nnn[nH]1. The molecular weight excluding hydrogens is 367 g/mol. The Kier molecular flexibility index (Phi) is 4.29. The van der Waals surface area contributed by atoms with Gasteiger partial charge < -0.3 is 10.6 Å². The summed E-state index contributed by atoms with van der Waals surface area (Å²) in [6, 6.07) is 10.3. The minimum absolute atomic E-state index is 0.350. The van der Waals surface area contributed by atoms with Crippen LogP contribution in [-0.2, 0) is 0 Å². The van der Waals surface area contributed by atoms with E-state index in [-0.39, 0.29) is 0 Å². The second-order valence-electron chi connectivity index (χ2n) is 4.53. The molecule has 0 aliphatic heterocycles. The monoisotopic (exact) mass is 376 g/mol. The molecule has 0 aliphatic carbocycles. The normalized spacial score (nSPS) is 10.3. The first-order valence-electron chi connectivity index (χ1n) is 6.49. The largest absolute Gasteiger partial charge is 0.323 e. The zero-order valence-electron chi connectivity index (χ0n) is 11.5. The standard InChI is InChI=1S/C14H10BrFN6O/c15-8-4-5-12(11(6-8)13-19-21-22-20-13)18-14(23)17-10-3-1-2-9(16)7-10/h1-7H,(H2,17,18,23)(H,19,20,21,22). The molecule has 1 heterocycles. The van der Waals surface area contributed by atoms with Crippen molar-refractivity contribution >= 4 is 33.3 Å². The average Bonchev–Trinajstić information content (AvgIpc) is 3.03. The van der Waals surface area contributed by atoms with Crippen molar-refractivity contribution in [2.24, 2.45) is 0 Å². The van der Waals surface area contributed by atoms with Crippen LogP contribution in [0.1, 0.15) is 0 Å². The molecule has 0 saturated heterocycles. The molecule has 9 heteroatoms. The number of carbonyl (C=O) groups excluding carboxylic acids is 1. The first kappa shape index (κ1) is 15.1. The molecule has 1 aromatic heterocycles. The molecule has 0 unspecified atom stereocenters. The lowest BCUT2D eigenvalue weighted by Gasteiger charge is -2.11. The number of hydrogen-bond donors (Lipinski definition) is 3. The van der Waals surface area contributed by atoms with Gasteiger partial charge in [0, 0.05) is 15.7 Å². The second-order valence-corrected chi connectivity index (χ2v) is 5.44. The summed E-state index contributed by atoms with van der Waals surface area (Å²) in [4.78, 5) is 12.1. The van der Waals surface area contributed by atoms with E-state index in [4.69, 9.17) is 0 Å². The number of hydrogen-bond acceptors (Lipinski definition) is 4. The van der Waals surface area contributed by atoms with Gasteiger partial charge in [-0.2, -0.15) is 0 Å². The number of benzene rings is 2. The quantitative estimate of drug-likeness (QED) is 0.652. The summed E-state index contributed by atoms with van der Waals surface area (Å²) in [5.41, 5.74) is 1.46. The molecule has 116 valence electrons. The number of anilines is 2. The zero-order chi connectivity index (χ0) is 16.2. The van der Waals surface area contributed by atoms with Crippen LogP contribution in [0.4, 0.5) is 20.6 Å². The Morgan fingerprint density at radius 3 is 2.78 bits per heavy atom. The third kappa shape index (κ3) is 3.69. The zero-order valence-corrected chi connectivity index (χ0v) is 13.1. The maximum atomic E-state index is 13.1. The highest BCUT2D eigenvalue weighted by molar-refractivity contribution is 9.10. The maximum absolute atomic E-state index is 13.1. The van der Waals surface area contributed by atoms with E-state index in [1.54, 1.807) is 24.3 Å². The van der Waals surface area contributed by atoms with Crippen LogP contribution in [0.5, 0.6) is 0 Å². The predicted molar refractivity (Wildman–Crippen MR) is 86.4 cm³/mol. The molecule has 3 aromatic rings. The highest BCUT2D eigenvalue weighted by Gasteiger charge is 2.12. The molecule has 23 heavy (non-hydrogen) atoms. The Balaban J connectivity index is 1.81. The van der Waals surface area contributed by atoms with Gasteiger partial charge in [-0.25, -0.2) is 14.3 Å². The van der Waals surface area contributed by atoms with Gasteiger partial charge in [0.05, 0.1) is 5.69 Å². The molecule has 7 nitrogen and oxygen atoms in total. The lowest BCUT2D eigenvalue weighted by molar-refractivity contribution is 0.262. The molecule has 0 radical (unpaired) electrons. The Morgan fingerprint density at radius 2 is 2.04 bits per heavy atom. The van der Waals surface area contributed by atoms with Gasteiger partial charge in [-0.05, 0) is 46.8 Å². The fourth-order valence-corrected chi connectivity index (χ4v) is 2.31. The van der Waals surface area contributed by atoms with Crippen LogP contribution < -0.4 is 10.6 Å². The summed E-state index contributed by atoms with van der Waals surface area (Å²) in [5, 5.41) is 18.7. The van der Waals surface area contributed by atoms with Gasteiger partial charge in [0.1, 0.15) is 5.82 Å². The fraction of sp³-hybridized carbons (Fsp3) is 0. The number of nitrogens with one attached hydrogen (secondary N) is 3. The number of carbonyl (C=O) groups is 1. The van der Waals surface area contributed by atoms with E-state index in [0.29, 0.717) is 22.8 Å². The number of rotatable bonds is 3. The number of halogens is 2. The van der Waals surface area contributed by atoms with Crippen LogP contribution in [-0.4, -0.2) is 26.7 Å². The summed E-state index contributed by atoms with van der Waals surface area (Å²) in [7, 11) is 0. The van der Waals surface area contributed by atoms with E-state index in [9.17, 15) is 9.18 Å². The molecule has 0 aliphatic rings. The van der Waals surface area contributed by atoms with Gasteiger partial charge >= 0.3 is 6.03 Å². The van der Waals surface area contributed by atoms with Crippen LogP contribution in [0.3, 0.4) is 0 Å². The van der Waals surface area contributed by atoms with Crippen LogP contribution in [0.2, 0.25) is 0 Å². The Hall–Kier alpha value is -2.81. The number of tetrazole rings is 1. The van der Waals surface area contributed by atoms with Crippen molar-refractivity contribution in [3.05, 3.63) is 52.8 Å². The molecule has 0 atom stereocenters. The van der Waals surface area contributed by atoms with Crippen molar-refractivity contribution in [1.29, 1.82) is 0 Å². The van der Waals surface area contributed by atoms with Crippen LogP contribution >= 0.6 is 15.9 Å².